The molecule has 138 valence electrons. The highest BCUT2D eigenvalue weighted by molar-refractivity contribution is 7.92. The van der Waals surface area contributed by atoms with Crippen LogP contribution in [0.25, 0.3) is 0 Å². The number of hydrogen-bond acceptors (Lipinski definition) is 6. The van der Waals surface area contributed by atoms with E-state index in [4.69, 9.17) is 9.47 Å². The van der Waals surface area contributed by atoms with E-state index in [0.717, 1.165) is 4.31 Å². The second-order valence-electron chi connectivity index (χ2n) is 5.45. The molecule has 0 radical (unpaired) electrons. The number of methoxy groups -OCH3 is 1. The molecule has 0 aliphatic heterocycles. The fraction of sp³-hybridized carbons (Fsp3) is 0.222. The molecule has 0 bridgehead atoms. The van der Waals surface area contributed by atoms with Crippen LogP contribution in [0, 0.1) is 0 Å². The third-order valence-electron chi connectivity index (χ3n) is 3.58. The van der Waals surface area contributed by atoms with Gasteiger partial charge in [0.05, 0.1) is 23.3 Å². The summed E-state index contributed by atoms with van der Waals surface area (Å²) in [4.78, 5) is 22.7. The predicted octanol–water partition coefficient (Wildman–Crippen LogP) is 2.27. The van der Waals surface area contributed by atoms with E-state index in [1.54, 1.807) is 24.3 Å². The largest absolute Gasteiger partial charge is 0.495 e. The van der Waals surface area contributed by atoms with Gasteiger partial charge < -0.3 is 9.47 Å². The van der Waals surface area contributed by atoms with Crippen LogP contribution in [0.3, 0.4) is 0 Å². The fourth-order valence-electron chi connectivity index (χ4n) is 2.19. The zero-order chi connectivity index (χ0) is 19.3. The molecule has 2 aromatic rings. The van der Waals surface area contributed by atoms with Gasteiger partial charge in [0.1, 0.15) is 12.4 Å². The summed E-state index contributed by atoms with van der Waals surface area (Å²) >= 11 is 0. The maximum absolute atomic E-state index is 12.8. The van der Waals surface area contributed by atoms with E-state index in [1.165, 1.54) is 45.3 Å². The van der Waals surface area contributed by atoms with Crippen molar-refractivity contribution in [3.8, 4) is 5.75 Å². The van der Waals surface area contributed by atoms with Gasteiger partial charge in [-0.2, -0.15) is 0 Å². The van der Waals surface area contributed by atoms with Crippen molar-refractivity contribution in [2.45, 2.75) is 11.8 Å². The smallest absolute Gasteiger partial charge is 0.338 e. The van der Waals surface area contributed by atoms with Gasteiger partial charge in [-0.15, -0.1) is 0 Å². The Morgan fingerprint density at radius 3 is 2.23 bits per heavy atom. The van der Waals surface area contributed by atoms with Gasteiger partial charge in [-0.1, -0.05) is 12.1 Å². The minimum Gasteiger partial charge on any atom is -0.495 e. The summed E-state index contributed by atoms with van der Waals surface area (Å²) in [6.45, 7) is 0.978. The van der Waals surface area contributed by atoms with Gasteiger partial charge in [0.2, 0.25) is 0 Å². The van der Waals surface area contributed by atoms with E-state index in [9.17, 15) is 18.0 Å². The molecular formula is C18H19NO6S. The summed E-state index contributed by atoms with van der Waals surface area (Å²) < 4.78 is 36.7. The number of carbonyl (C=O) groups is 2. The molecule has 26 heavy (non-hydrogen) atoms. The number of esters is 1. The van der Waals surface area contributed by atoms with Gasteiger partial charge in [0, 0.05) is 7.05 Å². The normalized spacial score (nSPS) is 10.9. The van der Waals surface area contributed by atoms with Gasteiger partial charge >= 0.3 is 5.97 Å². The maximum Gasteiger partial charge on any atom is 0.338 e. The molecule has 2 rings (SSSR count). The van der Waals surface area contributed by atoms with E-state index in [0.29, 0.717) is 11.4 Å². The molecule has 0 heterocycles. The monoisotopic (exact) mass is 377 g/mol. The third kappa shape index (κ3) is 4.20. The lowest BCUT2D eigenvalue weighted by molar-refractivity contribution is -0.120. The van der Waals surface area contributed by atoms with Crippen LogP contribution in [-0.4, -0.2) is 40.9 Å². The average molecular weight is 377 g/mol. The van der Waals surface area contributed by atoms with E-state index in [1.807, 2.05) is 0 Å². The minimum absolute atomic E-state index is 0.00836. The van der Waals surface area contributed by atoms with Gasteiger partial charge in [-0.05, 0) is 43.3 Å². The minimum atomic E-state index is -3.85. The lowest BCUT2D eigenvalue weighted by Gasteiger charge is -2.21. The van der Waals surface area contributed by atoms with Crippen LogP contribution < -0.4 is 9.04 Å². The van der Waals surface area contributed by atoms with Crippen LogP contribution in [0.4, 0.5) is 5.69 Å². The number of anilines is 1. The molecule has 0 spiro atoms. The summed E-state index contributed by atoms with van der Waals surface area (Å²) in [5.41, 5.74) is 0.546. The maximum atomic E-state index is 12.8. The van der Waals surface area contributed by atoms with Gasteiger partial charge in [0.25, 0.3) is 10.0 Å². The Labute approximate surface area is 152 Å². The molecule has 0 aromatic heterocycles. The van der Waals surface area contributed by atoms with Crippen LogP contribution in [-0.2, 0) is 19.6 Å². The second kappa shape index (κ2) is 8.01. The lowest BCUT2D eigenvalue weighted by Crippen LogP contribution is -2.27. The number of rotatable bonds is 7. The van der Waals surface area contributed by atoms with Crippen LogP contribution in [0.5, 0.6) is 5.75 Å². The molecule has 0 amide bonds. The number of ketones is 1. The lowest BCUT2D eigenvalue weighted by atomic mass is 10.2. The van der Waals surface area contributed by atoms with Crippen LogP contribution in [0.1, 0.15) is 17.3 Å². The molecule has 0 atom stereocenters. The number of Topliss-reactive ketones (excluding diaryl/α,β-unsaturated/α-hetero) is 1. The highest BCUT2D eigenvalue weighted by Gasteiger charge is 2.24. The Bertz CT molecular complexity index is 906. The summed E-state index contributed by atoms with van der Waals surface area (Å²) in [5.74, 6) is -0.554. The van der Waals surface area contributed by atoms with Crippen molar-refractivity contribution < 1.29 is 27.5 Å². The molecule has 0 saturated carbocycles. The van der Waals surface area contributed by atoms with Crippen molar-refractivity contribution in [3.05, 3.63) is 54.1 Å². The first-order chi connectivity index (χ1) is 12.3. The Morgan fingerprint density at radius 1 is 1.04 bits per heavy atom. The number of para-hydroxylation sites is 2. The summed E-state index contributed by atoms with van der Waals surface area (Å²) in [7, 11) is -0.968. The number of ether oxygens (including phenoxy) is 2. The van der Waals surface area contributed by atoms with Crippen LogP contribution in [0.2, 0.25) is 0 Å². The van der Waals surface area contributed by atoms with E-state index in [2.05, 4.69) is 0 Å². The van der Waals surface area contributed by atoms with Crippen molar-refractivity contribution >= 4 is 27.5 Å². The topological polar surface area (TPSA) is 90.0 Å². The number of benzene rings is 2. The third-order valence-corrected chi connectivity index (χ3v) is 5.37. The zero-order valence-corrected chi connectivity index (χ0v) is 15.4. The first kappa shape index (κ1) is 19.5. The quantitative estimate of drug-likeness (QED) is 0.688. The second-order valence-corrected chi connectivity index (χ2v) is 7.42. The van der Waals surface area contributed by atoms with Crippen LogP contribution in [0.15, 0.2) is 53.4 Å². The summed E-state index contributed by atoms with van der Waals surface area (Å²) in [5, 5.41) is 0. The molecule has 0 saturated heterocycles. The van der Waals surface area contributed by atoms with E-state index >= 15 is 0 Å². The molecule has 0 unspecified atom stereocenters. The number of hydrogen-bond donors (Lipinski definition) is 0. The molecule has 7 nitrogen and oxygen atoms in total. The SMILES string of the molecule is COc1ccccc1N(C)S(=O)(=O)c1ccc(C(=O)OCC(C)=O)cc1. The molecule has 2 aromatic carbocycles. The summed E-state index contributed by atoms with van der Waals surface area (Å²) in [6.07, 6.45) is 0. The highest BCUT2D eigenvalue weighted by Crippen LogP contribution is 2.30. The number of carbonyl (C=O) groups excluding carboxylic acids is 2. The molecular weight excluding hydrogens is 358 g/mol. The van der Waals surface area contributed by atoms with Gasteiger partial charge in [-0.3, -0.25) is 9.10 Å². The molecule has 8 heteroatoms. The number of sulfonamides is 1. The average Bonchev–Trinajstić information content (AvgIpc) is 2.65. The Kier molecular flexibility index (Phi) is 5.99. The van der Waals surface area contributed by atoms with E-state index < -0.39 is 16.0 Å². The van der Waals surface area contributed by atoms with Crippen molar-refractivity contribution in [3.63, 3.8) is 0 Å². The molecule has 0 N–H and O–H groups in total. The predicted molar refractivity (Wildman–Crippen MR) is 96.0 cm³/mol. The standard InChI is InChI=1S/C18H19NO6S/c1-13(20)12-25-18(21)14-8-10-15(11-9-14)26(22,23)19(2)16-6-4-5-7-17(16)24-3/h4-11H,12H2,1-3H3. The number of nitrogens with zero attached hydrogens (tertiary/aromatic N) is 1. The van der Waals surface area contributed by atoms with Crippen molar-refractivity contribution in [2.75, 3.05) is 25.1 Å². The Balaban J connectivity index is 2.26. The molecule has 0 aliphatic rings. The first-order valence-electron chi connectivity index (χ1n) is 7.66. The molecule has 0 aliphatic carbocycles. The zero-order valence-electron chi connectivity index (χ0n) is 14.6. The van der Waals surface area contributed by atoms with Crippen molar-refractivity contribution in [1.82, 2.24) is 0 Å². The Morgan fingerprint density at radius 2 is 1.65 bits per heavy atom. The van der Waals surface area contributed by atoms with Gasteiger partial charge in [0.15, 0.2) is 5.78 Å². The van der Waals surface area contributed by atoms with E-state index in [-0.39, 0.29) is 22.8 Å². The van der Waals surface area contributed by atoms with Crippen molar-refractivity contribution in [2.24, 2.45) is 0 Å². The molecule has 0 fully saturated rings. The fourth-order valence-corrected chi connectivity index (χ4v) is 3.40. The first-order valence-corrected chi connectivity index (χ1v) is 9.10. The van der Waals surface area contributed by atoms with Gasteiger partial charge in [-0.25, -0.2) is 13.2 Å². The van der Waals surface area contributed by atoms with Crippen molar-refractivity contribution in [1.29, 1.82) is 0 Å². The summed E-state index contributed by atoms with van der Waals surface area (Å²) in [6, 6.07) is 12.0. The Hall–Kier alpha value is -2.87. The highest BCUT2D eigenvalue weighted by atomic mass is 32.2. The van der Waals surface area contributed by atoms with Crippen LogP contribution >= 0.6 is 0 Å².